The highest BCUT2D eigenvalue weighted by Gasteiger charge is 2.09. The van der Waals surface area contributed by atoms with Gasteiger partial charge in [0.1, 0.15) is 0 Å². The molecule has 1 aromatic heterocycles. The molecule has 0 saturated carbocycles. The first-order valence-electron chi connectivity index (χ1n) is 6.19. The number of nitrogens with zero attached hydrogens (tertiary/aromatic N) is 1. The van der Waals surface area contributed by atoms with E-state index in [9.17, 15) is 0 Å². The first kappa shape index (κ1) is 12.5. The Morgan fingerprint density at radius 3 is 2.88 bits per heavy atom. The predicted octanol–water partition coefficient (Wildman–Crippen LogP) is 3.47. The molecule has 0 atom stereocenters. The molecular formula is C14H19ClN2. The molecule has 2 aromatic rings. The Kier molecular flexibility index (Phi) is 4.08. The van der Waals surface area contributed by atoms with Gasteiger partial charge in [-0.05, 0) is 45.5 Å². The second-order valence-electron chi connectivity index (χ2n) is 4.26. The Morgan fingerprint density at radius 2 is 2.18 bits per heavy atom. The molecule has 0 aliphatic heterocycles. The molecule has 3 heteroatoms. The van der Waals surface area contributed by atoms with Gasteiger partial charge in [-0.15, -0.1) is 0 Å². The number of rotatable bonds is 5. The number of nitrogens with one attached hydrogen (secondary N) is 1. The van der Waals surface area contributed by atoms with Gasteiger partial charge in [0.15, 0.2) is 0 Å². The Bertz CT molecular complexity index is 502. The summed E-state index contributed by atoms with van der Waals surface area (Å²) in [6, 6.07) is 8.38. The fourth-order valence-electron chi connectivity index (χ4n) is 2.35. The average Bonchev–Trinajstić information content (AvgIpc) is 2.68. The molecule has 2 nitrogen and oxygen atoms in total. The minimum absolute atomic E-state index is 0.851. The van der Waals surface area contributed by atoms with Crippen molar-refractivity contribution in [3.05, 3.63) is 35.0 Å². The van der Waals surface area contributed by atoms with Crippen molar-refractivity contribution in [1.82, 2.24) is 9.88 Å². The van der Waals surface area contributed by atoms with Crippen molar-refractivity contribution in [1.29, 1.82) is 0 Å². The van der Waals surface area contributed by atoms with Crippen molar-refractivity contribution in [2.24, 2.45) is 0 Å². The van der Waals surface area contributed by atoms with Gasteiger partial charge in [0, 0.05) is 17.6 Å². The van der Waals surface area contributed by atoms with Crippen molar-refractivity contribution in [3.8, 4) is 0 Å². The van der Waals surface area contributed by atoms with Crippen LogP contribution in [-0.2, 0) is 13.0 Å². The maximum atomic E-state index is 6.28. The van der Waals surface area contributed by atoms with Gasteiger partial charge in [-0.1, -0.05) is 23.7 Å². The van der Waals surface area contributed by atoms with E-state index in [2.05, 4.69) is 28.9 Å². The van der Waals surface area contributed by atoms with E-state index in [1.165, 1.54) is 16.6 Å². The van der Waals surface area contributed by atoms with Crippen molar-refractivity contribution in [3.63, 3.8) is 0 Å². The summed E-state index contributed by atoms with van der Waals surface area (Å²) in [6.45, 7) is 4.20. The fourth-order valence-corrected chi connectivity index (χ4v) is 2.63. The van der Waals surface area contributed by atoms with Crippen LogP contribution in [0.1, 0.15) is 19.0 Å². The van der Waals surface area contributed by atoms with Gasteiger partial charge in [-0.3, -0.25) is 0 Å². The second-order valence-corrected chi connectivity index (χ2v) is 4.67. The zero-order valence-electron chi connectivity index (χ0n) is 10.5. The minimum Gasteiger partial charge on any atom is -0.344 e. The van der Waals surface area contributed by atoms with Crippen LogP contribution in [0.2, 0.25) is 5.02 Å². The second kappa shape index (κ2) is 5.56. The van der Waals surface area contributed by atoms with Crippen molar-refractivity contribution < 1.29 is 0 Å². The van der Waals surface area contributed by atoms with E-state index in [1.807, 2.05) is 19.2 Å². The third kappa shape index (κ3) is 2.48. The van der Waals surface area contributed by atoms with E-state index < -0.39 is 0 Å². The summed E-state index contributed by atoms with van der Waals surface area (Å²) in [5, 5.41) is 5.29. The average molecular weight is 251 g/mol. The van der Waals surface area contributed by atoms with E-state index in [1.54, 1.807) is 0 Å². The predicted molar refractivity (Wildman–Crippen MR) is 74.9 cm³/mol. The van der Waals surface area contributed by atoms with E-state index >= 15 is 0 Å². The Morgan fingerprint density at radius 1 is 1.35 bits per heavy atom. The Labute approximate surface area is 108 Å². The SMILES string of the molecule is CCn1c(CCCNC)cc2cccc(Cl)c21. The van der Waals surface area contributed by atoms with Gasteiger partial charge < -0.3 is 9.88 Å². The van der Waals surface area contributed by atoms with E-state index in [0.29, 0.717) is 0 Å². The number of fused-ring (bicyclic) bond motifs is 1. The summed E-state index contributed by atoms with van der Waals surface area (Å²) in [4.78, 5) is 0. The quantitative estimate of drug-likeness (QED) is 0.805. The Balaban J connectivity index is 2.38. The standard InChI is InChI=1S/C14H19ClN2/c1-3-17-12(7-5-9-16-2)10-11-6-4-8-13(15)14(11)17/h4,6,8,10,16H,3,5,7,9H2,1-2H3. The normalized spacial score (nSPS) is 11.2. The number of aromatic nitrogens is 1. The molecule has 0 amide bonds. The number of hydrogen-bond acceptors (Lipinski definition) is 1. The van der Waals surface area contributed by atoms with Crippen LogP contribution in [0, 0.1) is 0 Å². The lowest BCUT2D eigenvalue weighted by atomic mass is 10.2. The van der Waals surface area contributed by atoms with Crippen LogP contribution in [0.3, 0.4) is 0 Å². The summed E-state index contributed by atoms with van der Waals surface area (Å²) in [6.07, 6.45) is 2.25. The van der Waals surface area contributed by atoms with Crippen molar-refractivity contribution in [2.45, 2.75) is 26.3 Å². The lowest BCUT2D eigenvalue weighted by molar-refractivity contribution is 0.673. The lowest BCUT2D eigenvalue weighted by Crippen LogP contribution is -2.10. The van der Waals surface area contributed by atoms with Crippen LogP contribution >= 0.6 is 11.6 Å². The number of para-hydroxylation sites is 1. The molecule has 0 unspecified atom stereocenters. The van der Waals surface area contributed by atoms with Gasteiger partial charge in [0.25, 0.3) is 0 Å². The molecule has 0 radical (unpaired) electrons. The summed E-state index contributed by atoms with van der Waals surface area (Å²) >= 11 is 6.28. The molecule has 0 fully saturated rings. The van der Waals surface area contributed by atoms with E-state index in [0.717, 1.165) is 31.0 Å². The topological polar surface area (TPSA) is 17.0 Å². The van der Waals surface area contributed by atoms with Crippen LogP contribution in [0.25, 0.3) is 10.9 Å². The lowest BCUT2D eigenvalue weighted by Gasteiger charge is -2.08. The van der Waals surface area contributed by atoms with Gasteiger partial charge in [0.05, 0.1) is 10.5 Å². The van der Waals surface area contributed by atoms with E-state index in [4.69, 9.17) is 11.6 Å². The first-order valence-corrected chi connectivity index (χ1v) is 6.57. The number of aryl methyl sites for hydroxylation is 2. The molecule has 1 aromatic carbocycles. The molecule has 92 valence electrons. The van der Waals surface area contributed by atoms with Crippen LogP contribution in [0.5, 0.6) is 0 Å². The summed E-state index contributed by atoms with van der Waals surface area (Å²) in [5.74, 6) is 0. The molecule has 2 rings (SSSR count). The Hall–Kier alpha value is -0.990. The third-order valence-corrected chi connectivity index (χ3v) is 3.44. The smallest absolute Gasteiger partial charge is 0.0671 e. The molecule has 0 saturated heterocycles. The van der Waals surface area contributed by atoms with Gasteiger partial charge >= 0.3 is 0 Å². The maximum Gasteiger partial charge on any atom is 0.0671 e. The largest absolute Gasteiger partial charge is 0.344 e. The van der Waals surface area contributed by atoms with E-state index in [-0.39, 0.29) is 0 Å². The minimum atomic E-state index is 0.851. The zero-order chi connectivity index (χ0) is 12.3. The highest BCUT2D eigenvalue weighted by atomic mass is 35.5. The molecule has 1 heterocycles. The fraction of sp³-hybridized carbons (Fsp3) is 0.429. The molecule has 0 bridgehead atoms. The molecular weight excluding hydrogens is 232 g/mol. The third-order valence-electron chi connectivity index (χ3n) is 3.13. The van der Waals surface area contributed by atoms with Crippen LogP contribution < -0.4 is 5.32 Å². The number of hydrogen-bond donors (Lipinski definition) is 1. The van der Waals surface area contributed by atoms with Crippen LogP contribution in [0.4, 0.5) is 0 Å². The molecule has 0 aliphatic carbocycles. The monoisotopic (exact) mass is 250 g/mol. The summed E-state index contributed by atoms with van der Waals surface area (Å²) in [5.41, 5.74) is 2.56. The molecule has 0 spiro atoms. The van der Waals surface area contributed by atoms with Gasteiger partial charge in [0.2, 0.25) is 0 Å². The first-order chi connectivity index (χ1) is 8.27. The van der Waals surface area contributed by atoms with Crippen molar-refractivity contribution in [2.75, 3.05) is 13.6 Å². The van der Waals surface area contributed by atoms with Gasteiger partial charge in [-0.25, -0.2) is 0 Å². The molecule has 1 N–H and O–H groups in total. The van der Waals surface area contributed by atoms with Crippen molar-refractivity contribution >= 4 is 22.5 Å². The molecule has 17 heavy (non-hydrogen) atoms. The highest BCUT2D eigenvalue weighted by molar-refractivity contribution is 6.35. The summed E-state index contributed by atoms with van der Waals surface area (Å²) in [7, 11) is 1.99. The zero-order valence-corrected chi connectivity index (χ0v) is 11.2. The molecule has 0 aliphatic rings. The number of halogens is 1. The van der Waals surface area contributed by atoms with Crippen LogP contribution in [-0.4, -0.2) is 18.2 Å². The van der Waals surface area contributed by atoms with Crippen LogP contribution in [0.15, 0.2) is 24.3 Å². The number of benzene rings is 1. The van der Waals surface area contributed by atoms with Gasteiger partial charge in [-0.2, -0.15) is 0 Å². The highest BCUT2D eigenvalue weighted by Crippen LogP contribution is 2.27. The maximum absolute atomic E-state index is 6.28. The summed E-state index contributed by atoms with van der Waals surface area (Å²) < 4.78 is 2.33.